The molecule has 1 aromatic heterocycles. The fourth-order valence-corrected chi connectivity index (χ4v) is 1.94. The van der Waals surface area contributed by atoms with Gasteiger partial charge in [-0.05, 0) is 18.4 Å². The molecule has 1 heterocycles. The molecule has 0 amide bonds. The van der Waals surface area contributed by atoms with Crippen molar-refractivity contribution in [1.29, 1.82) is 0 Å². The van der Waals surface area contributed by atoms with Gasteiger partial charge in [-0.2, -0.15) is 0 Å². The summed E-state index contributed by atoms with van der Waals surface area (Å²) in [4.78, 5) is 17.6. The normalized spacial score (nSPS) is 10.4. The van der Waals surface area contributed by atoms with Crippen molar-refractivity contribution in [3.8, 4) is 0 Å². The maximum absolute atomic E-state index is 11.3. The number of aromatic nitrogens is 1. The molecule has 0 saturated carbocycles. The Morgan fingerprint density at radius 2 is 2.11 bits per heavy atom. The highest BCUT2D eigenvalue weighted by Gasteiger charge is 2.12. The first-order chi connectivity index (χ1) is 8.61. The summed E-state index contributed by atoms with van der Waals surface area (Å²) >= 11 is 0. The monoisotopic (exact) mass is 244 g/mol. The van der Waals surface area contributed by atoms with Crippen LogP contribution in [0.1, 0.15) is 5.69 Å². The highest BCUT2D eigenvalue weighted by atomic mass is 16.5. The predicted octanol–water partition coefficient (Wildman–Crippen LogP) is 2.15. The first kappa shape index (κ1) is 12.4. The van der Waals surface area contributed by atoms with Gasteiger partial charge in [0.2, 0.25) is 0 Å². The summed E-state index contributed by atoms with van der Waals surface area (Å²) in [5, 5.41) is 2.16. The number of hydrogen-bond acceptors (Lipinski definition) is 4. The molecule has 0 bridgehead atoms. The van der Waals surface area contributed by atoms with Crippen LogP contribution in [0, 0.1) is 6.92 Å². The standard InChI is InChI=1S/C14H16N2O2/c1-10-8-11-6-4-5-7-12(11)14(15-10)16(2)9-13(17)18-3/h4-8H,9H2,1-3H3. The van der Waals surface area contributed by atoms with Crippen molar-refractivity contribution in [1.82, 2.24) is 4.98 Å². The fourth-order valence-electron chi connectivity index (χ4n) is 1.94. The number of fused-ring (bicyclic) bond motifs is 1. The Labute approximate surface area is 106 Å². The highest BCUT2D eigenvalue weighted by Crippen LogP contribution is 2.24. The Balaban J connectivity index is 2.46. The van der Waals surface area contributed by atoms with Crippen LogP contribution in [-0.2, 0) is 9.53 Å². The van der Waals surface area contributed by atoms with Crippen LogP contribution in [-0.4, -0.2) is 31.7 Å². The van der Waals surface area contributed by atoms with Gasteiger partial charge in [-0.3, -0.25) is 4.79 Å². The molecule has 0 aliphatic rings. The van der Waals surface area contributed by atoms with E-state index in [0.717, 1.165) is 22.3 Å². The summed E-state index contributed by atoms with van der Waals surface area (Å²) < 4.78 is 4.68. The van der Waals surface area contributed by atoms with Crippen LogP contribution >= 0.6 is 0 Å². The van der Waals surface area contributed by atoms with Crippen LogP contribution < -0.4 is 4.90 Å². The Morgan fingerprint density at radius 1 is 1.39 bits per heavy atom. The molecule has 4 nitrogen and oxygen atoms in total. The quantitative estimate of drug-likeness (QED) is 0.776. The zero-order valence-corrected chi connectivity index (χ0v) is 10.8. The molecule has 0 fully saturated rings. The van der Waals surface area contributed by atoms with Crippen molar-refractivity contribution < 1.29 is 9.53 Å². The fraction of sp³-hybridized carbons (Fsp3) is 0.286. The Morgan fingerprint density at radius 3 is 2.83 bits per heavy atom. The number of hydrogen-bond donors (Lipinski definition) is 0. The van der Waals surface area contributed by atoms with Gasteiger partial charge in [0.05, 0.1) is 7.11 Å². The molecule has 2 rings (SSSR count). The number of pyridine rings is 1. The number of carbonyl (C=O) groups excluding carboxylic acids is 1. The van der Waals surface area contributed by atoms with E-state index in [-0.39, 0.29) is 12.5 Å². The van der Waals surface area contributed by atoms with Gasteiger partial charge in [0.15, 0.2) is 0 Å². The Hall–Kier alpha value is -2.10. The number of methoxy groups -OCH3 is 1. The van der Waals surface area contributed by atoms with Crippen molar-refractivity contribution in [3.63, 3.8) is 0 Å². The first-order valence-corrected chi connectivity index (χ1v) is 5.76. The van der Waals surface area contributed by atoms with E-state index in [4.69, 9.17) is 0 Å². The smallest absolute Gasteiger partial charge is 0.325 e. The summed E-state index contributed by atoms with van der Waals surface area (Å²) in [5.41, 5.74) is 0.931. The van der Waals surface area contributed by atoms with Gasteiger partial charge in [0, 0.05) is 18.1 Å². The topological polar surface area (TPSA) is 42.4 Å². The van der Waals surface area contributed by atoms with Crippen molar-refractivity contribution in [2.45, 2.75) is 6.92 Å². The van der Waals surface area contributed by atoms with E-state index in [1.54, 1.807) is 4.90 Å². The van der Waals surface area contributed by atoms with Crippen LogP contribution in [0.15, 0.2) is 30.3 Å². The van der Waals surface area contributed by atoms with E-state index >= 15 is 0 Å². The highest BCUT2D eigenvalue weighted by molar-refractivity contribution is 5.93. The lowest BCUT2D eigenvalue weighted by molar-refractivity contribution is -0.138. The number of aryl methyl sites for hydroxylation is 1. The molecule has 0 saturated heterocycles. The Bertz CT molecular complexity index is 581. The minimum atomic E-state index is -0.273. The van der Waals surface area contributed by atoms with Crippen molar-refractivity contribution in [2.75, 3.05) is 25.6 Å². The average Bonchev–Trinajstić information content (AvgIpc) is 2.37. The molecule has 2 aromatic rings. The van der Waals surface area contributed by atoms with E-state index in [0.29, 0.717) is 0 Å². The van der Waals surface area contributed by atoms with Crippen molar-refractivity contribution in [2.24, 2.45) is 0 Å². The first-order valence-electron chi connectivity index (χ1n) is 5.76. The molecule has 0 radical (unpaired) electrons. The second kappa shape index (κ2) is 5.04. The van der Waals surface area contributed by atoms with E-state index in [1.165, 1.54) is 7.11 Å². The molecular formula is C14H16N2O2. The van der Waals surface area contributed by atoms with Crippen molar-refractivity contribution >= 4 is 22.6 Å². The van der Waals surface area contributed by atoms with Gasteiger partial charge in [0.25, 0.3) is 0 Å². The molecule has 94 valence electrons. The molecule has 1 aromatic carbocycles. The van der Waals surface area contributed by atoms with Gasteiger partial charge in [-0.15, -0.1) is 0 Å². The SMILES string of the molecule is COC(=O)CN(C)c1nc(C)cc2ccccc12. The predicted molar refractivity (Wildman–Crippen MR) is 71.8 cm³/mol. The second-order valence-electron chi connectivity index (χ2n) is 4.24. The summed E-state index contributed by atoms with van der Waals surface area (Å²) in [6.07, 6.45) is 0. The zero-order chi connectivity index (χ0) is 13.1. The molecule has 0 spiro atoms. The van der Waals surface area contributed by atoms with Crippen molar-refractivity contribution in [3.05, 3.63) is 36.0 Å². The van der Waals surface area contributed by atoms with Crippen LogP contribution in [0.5, 0.6) is 0 Å². The molecule has 0 aliphatic carbocycles. The van der Waals surface area contributed by atoms with E-state index in [1.807, 2.05) is 44.3 Å². The number of benzene rings is 1. The molecule has 18 heavy (non-hydrogen) atoms. The van der Waals surface area contributed by atoms with E-state index in [2.05, 4.69) is 9.72 Å². The van der Waals surface area contributed by atoms with Crippen LogP contribution in [0.25, 0.3) is 10.8 Å². The maximum atomic E-state index is 11.3. The lowest BCUT2D eigenvalue weighted by Gasteiger charge is -2.19. The molecular weight excluding hydrogens is 228 g/mol. The van der Waals surface area contributed by atoms with Crippen LogP contribution in [0.4, 0.5) is 5.82 Å². The van der Waals surface area contributed by atoms with Gasteiger partial charge in [-0.25, -0.2) is 4.98 Å². The number of esters is 1. The van der Waals surface area contributed by atoms with E-state index < -0.39 is 0 Å². The summed E-state index contributed by atoms with van der Waals surface area (Å²) in [5.74, 6) is 0.529. The number of ether oxygens (including phenoxy) is 1. The molecule has 0 atom stereocenters. The van der Waals surface area contributed by atoms with E-state index in [9.17, 15) is 4.79 Å². The summed E-state index contributed by atoms with van der Waals surface area (Å²) in [7, 11) is 3.23. The van der Waals surface area contributed by atoms with Gasteiger partial charge in [0.1, 0.15) is 12.4 Å². The molecule has 0 N–H and O–H groups in total. The minimum absolute atomic E-state index is 0.191. The third kappa shape index (κ3) is 2.42. The summed E-state index contributed by atoms with van der Waals surface area (Å²) in [6, 6.07) is 10.0. The van der Waals surface area contributed by atoms with Gasteiger partial charge < -0.3 is 9.64 Å². The zero-order valence-electron chi connectivity index (χ0n) is 10.8. The second-order valence-corrected chi connectivity index (χ2v) is 4.24. The minimum Gasteiger partial charge on any atom is -0.468 e. The van der Waals surface area contributed by atoms with Crippen LogP contribution in [0.2, 0.25) is 0 Å². The molecule has 4 heteroatoms. The van der Waals surface area contributed by atoms with Gasteiger partial charge >= 0.3 is 5.97 Å². The average molecular weight is 244 g/mol. The molecule has 0 aliphatic heterocycles. The van der Waals surface area contributed by atoms with Gasteiger partial charge in [-0.1, -0.05) is 24.3 Å². The third-order valence-corrected chi connectivity index (χ3v) is 2.80. The number of anilines is 1. The third-order valence-electron chi connectivity index (χ3n) is 2.80. The van der Waals surface area contributed by atoms with Crippen LogP contribution in [0.3, 0.4) is 0 Å². The number of nitrogens with zero attached hydrogens (tertiary/aromatic N) is 2. The summed E-state index contributed by atoms with van der Waals surface area (Å²) in [6.45, 7) is 2.14. The number of rotatable bonds is 3. The largest absolute Gasteiger partial charge is 0.468 e. The lowest BCUT2D eigenvalue weighted by Crippen LogP contribution is -2.27. The number of likely N-dealkylation sites (N-methyl/N-ethyl adjacent to an activating group) is 1. The lowest BCUT2D eigenvalue weighted by atomic mass is 10.1. The molecule has 0 unspecified atom stereocenters. The number of carbonyl (C=O) groups is 1. The Kier molecular flexibility index (Phi) is 3.46. The maximum Gasteiger partial charge on any atom is 0.325 e.